The van der Waals surface area contributed by atoms with Crippen molar-refractivity contribution in [2.75, 3.05) is 25.9 Å². The number of aliphatic hydroxyl groups excluding tert-OH is 1. The summed E-state index contributed by atoms with van der Waals surface area (Å²) in [7, 11) is 1.99. The molecular formula is C18H22N4O. The summed E-state index contributed by atoms with van der Waals surface area (Å²) >= 11 is 0. The van der Waals surface area contributed by atoms with Crippen LogP contribution in [0.5, 0.6) is 0 Å². The topological polar surface area (TPSA) is 66.8 Å². The number of anilines is 1. The van der Waals surface area contributed by atoms with Gasteiger partial charge in [0.2, 0.25) is 0 Å². The number of pyridine rings is 1. The van der Waals surface area contributed by atoms with Gasteiger partial charge in [0.25, 0.3) is 0 Å². The molecule has 0 aliphatic heterocycles. The van der Waals surface area contributed by atoms with Gasteiger partial charge in [-0.05, 0) is 26.1 Å². The highest BCUT2D eigenvalue weighted by atomic mass is 16.3. The maximum Gasteiger partial charge on any atom is 0.137 e. The number of hydrogen-bond donors (Lipinski definition) is 2. The van der Waals surface area contributed by atoms with Gasteiger partial charge < -0.3 is 15.2 Å². The maximum absolute atomic E-state index is 9.16. The molecule has 2 heterocycles. The number of hydrogen-bond acceptors (Lipinski definition) is 4. The van der Waals surface area contributed by atoms with Crippen LogP contribution in [0.15, 0.2) is 42.6 Å². The molecule has 0 saturated heterocycles. The van der Waals surface area contributed by atoms with Crippen molar-refractivity contribution in [2.24, 2.45) is 0 Å². The van der Waals surface area contributed by atoms with Gasteiger partial charge in [-0.3, -0.25) is 4.90 Å². The number of nitrogens with zero attached hydrogens (tertiary/aromatic N) is 3. The van der Waals surface area contributed by atoms with E-state index in [2.05, 4.69) is 36.1 Å². The summed E-state index contributed by atoms with van der Waals surface area (Å²) in [5.41, 5.74) is 11.9. The summed E-state index contributed by atoms with van der Waals surface area (Å²) in [5, 5.41) is 9.16. The van der Waals surface area contributed by atoms with E-state index in [1.807, 2.05) is 29.8 Å². The van der Waals surface area contributed by atoms with E-state index in [-0.39, 0.29) is 6.61 Å². The quantitative estimate of drug-likeness (QED) is 0.759. The van der Waals surface area contributed by atoms with Crippen LogP contribution >= 0.6 is 0 Å². The van der Waals surface area contributed by atoms with Crippen LogP contribution < -0.4 is 5.73 Å². The van der Waals surface area contributed by atoms with Crippen LogP contribution in [0.4, 0.5) is 5.69 Å². The second-order valence-corrected chi connectivity index (χ2v) is 5.93. The van der Waals surface area contributed by atoms with Crippen molar-refractivity contribution in [3.8, 4) is 11.3 Å². The van der Waals surface area contributed by atoms with Gasteiger partial charge in [-0.1, -0.05) is 29.8 Å². The third-order valence-electron chi connectivity index (χ3n) is 3.97. The zero-order chi connectivity index (χ0) is 16.4. The summed E-state index contributed by atoms with van der Waals surface area (Å²) in [6, 6.07) is 12.2. The van der Waals surface area contributed by atoms with Crippen LogP contribution in [0.2, 0.25) is 0 Å². The van der Waals surface area contributed by atoms with Crippen molar-refractivity contribution < 1.29 is 5.11 Å². The molecule has 120 valence electrons. The number of nitrogens with two attached hydrogens (primary N) is 1. The van der Waals surface area contributed by atoms with Gasteiger partial charge in [0, 0.05) is 30.5 Å². The predicted octanol–water partition coefficient (Wildman–Crippen LogP) is 2.32. The second kappa shape index (κ2) is 6.40. The predicted molar refractivity (Wildman–Crippen MR) is 93.2 cm³/mol. The molecule has 0 saturated carbocycles. The number of benzene rings is 1. The fourth-order valence-electron chi connectivity index (χ4n) is 2.71. The molecule has 3 N–H and O–H groups in total. The van der Waals surface area contributed by atoms with E-state index in [9.17, 15) is 0 Å². The van der Waals surface area contributed by atoms with Gasteiger partial charge in [0.15, 0.2) is 0 Å². The molecule has 0 radical (unpaired) electrons. The molecule has 0 fully saturated rings. The van der Waals surface area contributed by atoms with E-state index in [0.717, 1.165) is 22.6 Å². The molecule has 3 rings (SSSR count). The van der Waals surface area contributed by atoms with E-state index in [1.54, 1.807) is 0 Å². The average Bonchev–Trinajstić information content (AvgIpc) is 2.86. The molecule has 23 heavy (non-hydrogen) atoms. The molecule has 5 nitrogen and oxygen atoms in total. The number of aromatic nitrogens is 2. The molecule has 0 aliphatic carbocycles. The lowest BCUT2D eigenvalue weighted by atomic mass is 10.1. The van der Waals surface area contributed by atoms with E-state index in [0.29, 0.717) is 18.8 Å². The number of aliphatic hydroxyl groups is 1. The number of aryl methyl sites for hydroxylation is 1. The van der Waals surface area contributed by atoms with Gasteiger partial charge in [-0.2, -0.15) is 0 Å². The standard InChI is InChI=1S/C18H22N4O/c1-13-3-5-14(6-4-13)18-16(12-21(2)9-10-23)22-11-15(19)7-8-17(22)20-18/h3-8,11,23H,9-10,12,19H2,1-2H3. The van der Waals surface area contributed by atoms with Gasteiger partial charge in [-0.25, -0.2) is 4.98 Å². The van der Waals surface area contributed by atoms with Gasteiger partial charge in [0.05, 0.1) is 18.0 Å². The maximum atomic E-state index is 9.16. The number of rotatable bonds is 5. The summed E-state index contributed by atoms with van der Waals surface area (Å²) in [5.74, 6) is 0. The number of nitrogen functional groups attached to an aromatic ring is 1. The number of imidazole rings is 1. The molecule has 5 heteroatoms. The Morgan fingerprint density at radius 3 is 2.61 bits per heavy atom. The second-order valence-electron chi connectivity index (χ2n) is 5.93. The van der Waals surface area contributed by atoms with Crippen molar-refractivity contribution in [3.05, 3.63) is 53.9 Å². The molecule has 1 aromatic carbocycles. The van der Waals surface area contributed by atoms with Crippen LogP contribution in [0.3, 0.4) is 0 Å². The molecule has 0 atom stereocenters. The first kappa shape index (κ1) is 15.5. The van der Waals surface area contributed by atoms with Crippen molar-refractivity contribution >= 4 is 11.3 Å². The van der Waals surface area contributed by atoms with Crippen molar-refractivity contribution in [3.63, 3.8) is 0 Å². The third kappa shape index (κ3) is 3.21. The van der Waals surface area contributed by atoms with Gasteiger partial charge in [0.1, 0.15) is 5.65 Å². The molecular weight excluding hydrogens is 288 g/mol. The van der Waals surface area contributed by atoms with Gasteiger partial charge in [-0.15, -0.1) is 0 Å². The zero-order valence-corrected chi connectivity index (χ0v) is 13.5. The van der Waals surface area contributed by atoms with E-state index < -0.39 is 0 Å². The molecule has 0 spiro atoms. The van der Waals surface area contributed by atoms with Crippen LogP contribution in [0.1, 0.15) is 11.3 Å². The highest BCUT2D eigenvalue weighted by molar-refractivity contribution is 5.67. The van der Waals surface area contributed by atoms with Crippen molar-refractivity contribution in [2.45, 2.75) is 13.5 Å². The van der Waals surface area contributed by atoms with E-state index in [1.165, 1.54) is 5.56 Å². The first-order chi connectivity index (χ1) is 11.1. The molecule has 2 aromatic heterocycles. The smallest absolute Gasteiger partial charge is 0.137 e. The Morgan fingerprint density at radius 1 is 1.17 bits per heavy atom. The number of fused-ring (bicyclic) bond motifs is 1. The van der Waals surface area contributed by atoms with E-state index in [4.69, 9.17) is 15.8 Å². The van der Waals surface area contributed by atoms with E-state index >= 15 is 0 Å². The summed E-state index contributed by atoms with van der Waals surface area (Å²) in [4.78, 5) is 6.86. The highest BCUT2D eigenvalue weighted by Gasteiger charge is 2.15. The lowest BCUT2D eigenvalue weighted by Crippen LogP contribution is -2.22. The van der Waals surface area contributed by atoms with Crippen LogP contribution in [0.25, 0.3) is 16.9 Å². The minimum Gasteiger partial charge on any atom is -0.398 e. The fourth-order valence-corrected chi connectivity index (χ4v) is 2.71. The molecule has 3 aromatic rings. The summed E-state index contributed by atoms with van der Waals surface area (Å²) < 4.78 is 2.04. The monoisotopic (exact) mass is 310 g/mol. The lowest BCUT2D eigenvalue weighted by Gasteiger charge is -2.16. The van der Waals surface area contributed by atoms with Crippen molar-refractivity contribution in [1.29, 1.82) is 0 Å². The minimum absolute atomic E-state index is 0.134. The molecule has 0 aliphatic rings. The molecule has 0 amide bonds. The Bertz CT molecular complexity index is 808. The Morgan fingerprint density at radius 2 is 1.91 bits per heavy atom. The molecule has 0 unspecified atom stereocenters. The van der Waals surface area contributed by atoms with Crippen LogP contribution in [-0.4, -0.2) is 39.6 Å². The first-order valence-electron chi connectivity index (χ1n) is 7.71. The lowest BCUT2D eigenvalue weighted by molar-refractivity contribution is 0.216. The Hall–Kier alpha value is -2.37. The zero-order valence-electron chi connectivity index (χ0n) is 13.5. The summed E-state index contributed by atoms with van der Waals surface area (Å²) in [6.45, 7) is 3.51. The third-order valence-corrected chi connectivity index (χ3v) is 3.97. The first-order valence-corrected chi connectivity index (χ1v) is 7.71. The minimum atomic E-state index is 0.134. The van der Waals surface area contributed by atoms with Crippen molar-refractivity contribution in [1.82, 2.24) is 14.3 Å². The Labute approximate surface area is 136 Å². The highest BCUT2D eigenvalue weighted by Crippen LogP contribution is 2.26. The Kier molecular flexibility index (Phi) is 4.32. The average molecular weight is 310 g/mol. The van der Waals surface area contributed by atoms with Crippen LogP contribution in [0, 0.1) is 6.92 Å². The molecule has 0 bridgehead atoms. The largest absolute Gasteiger partial charge is 0.398 e. The SMILES string of the molecule is Cc1ccc(-c2nc3ccc(N)cn3c2CN(C)CCO)cc1. The fraction of sp³-hybridized carbons (Fsp3) is 0.278. The van der Waals surface area contributed by atoms with Crippen LogP contribution in [-0.2, 0) is 6.54 Å². The summed E-state index contributed by atoms with van der Waals surface area (Å²) in [6.07, 6.45) is 1.90. The normalized spacial score (nSPS) is 11.5. The Balaban J connectivity index is 2.13. The van der Waals surface area contributed by atoms with Gasteiger partial charge >= 0.3 is 0 Å². The number of likely N-dealkylation sites (N-methyl/N-ethyl adjacent to an activating group) is 1.